The van der Waals surface area contributed by atoms with Crippen LogP contribution in [0.1, 0.15) is 31.9 Å². The molecule has 1 amide bonds. The first-order valence-electron chi connectivity index (χ1n) is 6.73. The molecule has 1 aromatic carbocycles. The van der Waals surface area contributed by atoms with E-state index in [0.717, 1.165) is 17.8 Å². The van der Waals surface area contributed by atoms with Crippen molar-refractivity contribution in [3.63, 3.8) is 0 Å². The molecule has 0 heterocycles. The molecule has 4 heteroatoms. The van der Waals surface area contributed by atoms with E-state index in [2.05, 4.69) is 0 Å². The largest absolute Gasteiger partial charge is 0.388 e. The van der Waals surface area contributed by atoms with Crippen LogP contribution in [0.5, 0.6) is 0 Å². The Labute approximate surface area is 115 Å². The molecule has 0 aliphatic rings. The summed E-state index contributed by atoms with van der Waals surface area (Å²) in [4.78, 5) is 15.4. The van der Waals surface area contributed by atoms with Crippen molar-refractivity contribution >= 4 is 11.6 Å². The summed E-state index contributed by atoms with van der Waals surface area (Å²) in [6, 6.07) is 7.73. The van der Waals surface area contributed by atoms with Crippen LogP contribution < -0.4 is 4.90 Å². The average Bonchev–Trinajstić information content (AvgIpc) is 2.43. The summed E-state index contributed by atoms with van der Waals surface area (Å²) >= 11 is 0. The summed E-state index contributed by atoms with van der Waals surface area (Å²) in [5, 5.41) is 10.1. The summed E-state index contributed by atoms with van der Waals surface area (Å²) in [5.41, 5.74) is 1.83. The highest BCUT2D eigenvalue weighted by Crippen LogP contribution is 2.27. The highest BCUT2D eigenvalue weighted by Gasteiger charge is 2.17. The third kappa shape index (κ3) is 3.96. The van der Waals surface area contributed by atoms with Crippen LogP contribution in [0.15, 0.2) is 24.3 Å². The van der Waals surface area contributed by atoms with E-state index < -0.39 is 6.10 Å². The number of aliphatic hydroxyl groups is 1. The molecule has 0 saturated heterocycles. The maximum Gasteiger partial charge on any atom is 0.241 e. The van der Waals surface area contributed by atoms with Crippen molar-refractivity contribution in [2.75, 3.05) is 32.1 Å². The van der Waals surface area contributed by atoms with Gasteiger partial charge in [0.15, 0.2) is 0 Å². The number of carbonyl (C=O) groups excluding carboxylic acids is 1. The molecule has 4 nitrogen and oxygen atoms in total. The van der Waals surface area contributed by atoms with Crippen LogP contribution in [-0.4, -0.2) is 43.1 Å². The first-order valence-corrected chi connectivity index (χ1v) is 6.73. The number of rotatable bonds is 6. The lowest BCUT2D eigenvalue weighted by molar-refractivity contribution is -0.127. The molecule has 0 spiro atoms. The van der Waals surface area contributed by atoms with Crippen molar-refractivity contribution in [1.82, 2.24) is 4.90 Å². The Balaban J connectivity index is 3.01. The third-order valence-electron chi connectivity index (χ3n) is 3.23. The Kier molecular flexibility index (Phi) is 5.83. The topological polar surface area (TPSA) is 43.8 Å². The van der Waals surface area contributed by atoms with Crippen LogP contribution in [0.25, 0.3) is 0 Å². The Morgan fingerprint density at radius 3 is 2.42 bits per heavy atom. The third-order valence-corrected chi connectivity index (χ3v) is 3.23. The van der Waals surface area contributed by atoms with Gasteiger partial charge in [0.05, 0.1) is 12.6 Å². The van der Waals surface area contributed by atoms with Gasteiger partial charge in [0.2, 0.25) is 5.91 Å². The number of para-hydroxylation sites is 1. The van der Waals surface area contributed by atoms with Crippen molar-refractivity contribution in [2.24, 2.45) is 0 Å². The molecule has 0 fully saturated rings. The van der Waals surface area contributed by atoms with Gasteiger partial charge in [0.25, 0.3) is 0 Å². The molecule has 1 N–H and O–H groups in total. The van der Waals surface area contributed by atoms with E-state index in [1.807, 2.05) is 43.0 Å². The Morgan fingerprint density at radius 1 is 1.26 bits per heavy atom. The minimum atomic E-state index is -0.486. The minimum Gasteiger partial charge on any atom is -0.388 e. The van der Waals surface area contributed by atoms with Crippen LogP contribution in [0.2, 0.25) is 0 Å². The van der Waals surface area contributed by atoms with E-state index in [9.17, 15) is 9.90 Å². The zero-order valence-electron chi connectivity index (χ0n) is 12.3. The van der Waals surface area contributed by atoms with Gasteiger partial charge in [-0.3, -0.25) is 4.79 Å². The van der Waals surface area contributed by atoms with E-state index in [-0.39, 0.29) is 5.91 Å². The molecular weight excluding hydrogens is 240 g/mol. The highest BCUT2D eigenvalue weighted by molar-refractivity contribution is 5.81. The van der Waals surface area contributed by atoms with Gasteiger partial charge in [-0.1, -0.05) is 25.1 Å². The lowest BCUT2D eigenvalue weighted by Crippen LogP contribution is -2.37. The molecule has 1 atom stereocenters. The molecule has 0 saturated carbocycles. The van der Waals surface area contributed by atoms with E-state index in [1.165, 1.54) is 0 Å². The van der Waals surface area contributed by atoms with Crippen molar-refractivity contribution < 1.29 is 9.90 Å². The number of aliphatic hydroxyl groups excluding tert-OH is 1. The maximum atomic E-state index is 11.9. The second kappa shape index (κ2) is 7.14. The SMILES string of the molecule is CC[C@H](O)c1ccccc1N(CC)CC(=O)N(C)C. The maximum absolute atomic E-state index is 11.9. The number of carbonyl (C=O) groups is 1. The molecule has 0 aliphatic heterocycles. The highest BCUT2D eigenvalue weighted by atomic mass is 16.3. The number of nitrogens with zero attached hydrogens (tertiary/aromatic N) is 2. The Hall–Kier alpha value is -1.55. The molecular formula is C15H24N2O2. The van der Waals surface area contributed by atoms with Crippen molar-refractivity contribution in [3.8, 4) is 0 Å². The lowest BCUT2D eigenvalue weighted by Gasteiger charge is -2.27. The van der Waals surface area contributed by atoms with Gasteiger partial charge in [-0.25, -0.2) is 0 Å². The van der Waals surface area contributed by atoms with Crippen LogP contribution in [0.3, 0.4) is 0 Å². The summed E-state index contributed by atoms with van der Waals surface area (Å²) < 4.78 is 0. The fourth-order valence-electron chi connectivity index (χ4n) is 1.95. The smallest absolute Gasteiger partial charge is 0.241 e. The number of hydrogen-bond donors (Lipinski definition) is 1. The normalized spacial score (nSPS) is 12.1. The zero-order chi connectivity index (χ0) is 14.4. The standard InChI is InChI=1S/C15H24N2O2/c1-5-14(18)12-9-7-8-10-13(12)17(6-2)11-15(19)16(3)4/h7-10,14,18H,5-6,11H2,1-4H3/t14-/m0/s1. The Bertz CT molecular complexity index is 418. The fraction of sp³-hybridized carbons (Fsp3) is 0.533. The second-order valence-electron chi connectivity index (χ2n) is 4.79. The molecule has 0 bridgehead atoms. The molecule has 0 radical (unpaired) electrons. The number of amides is 1. The van der Waals surface area contributed by atoms with Crippen LogP contribution in [0.4, 0.5) is 5.69 Å². The van der Waals surface area contributed by atoms with E-state index in [4.69, 9.17) is 0 Å². The number of likely N-dealkylation sites (N-methyl/N-ethyl adjacent to an activating group) is 2. The molecule has 0 aliphatic carbocycles. The van der Waals surface area contributed by atoms with Gasteiger partial charge < -0.3 is 14.9 Å². The Morgan fingerprint density at radius 2 is 1.89 bits per heavy atom. The second-order valence-corrected chi connectivity index (χ2v) is 4.79. The van der Waals surface area contributed by atoms with E-state index >= 15 is 0 Å². The predicted molar refractivity (Wildman–Crippen MR) is 78.3 cm³/mol. The number of hydrogen-bond acceptors (Lipinski definition) is 3. The molecule has 0 aromatic heterocycles. The van der Waals surface area contributed by atoms with Gasteiger partial charge in [0.1, 0.15) is 0 Å². The van der Waals surface area contributed by atoms with Crippen molar-refractivity contribution in [2.45, 2.75) is 26.4 Å². The monoisotopic (exact) mass is 264 g/mol. The van der Waals surface area contributed by atoms with Gasteiger partial charge in [0, 0.05) is 31.9 Å². The fourth-order valence-corrected chi connectivity index (χ4v) is 1.95. The summed E-state index contributed by atoms with van der Waals surface area (Å²) in [7, 11) is 3.51. The molecule has 1 aromatic rings. The van der Waals surface area contributed by atoms with E-state index in [0.29, 0.717) is 13.0 Å². The molecule has 106 valence electrons. The first-order chi connectivity index (χ1) is 9.01. The average molecular weight is 264 g/mol. The van der Waals surface area contributed by atoms with Crippen molar-refractivity contribution in [1.29, 1.82) is 0 Å². The van der Waals surface area contributed by atoms with Crippen LogP contribution in [-0.2, 0) is 4.79 Å². The minimum absolute atomic E-state index is 0.0580. The molecule has 1 rings (SSSR count). The summed E-state index contributed by atoms with van der Waals surface area (Å²) in [5.74, 6) is 0.0580. The summed E-state index contributed by atoms with van der Waals surface area (Å²) in [6.45, 7) is 5.02. The van der Waals surface area contributed by atoms with Crippen molar-refractivity contribution in [3.05, 3.63) is 29.8 Å². The van der Waals surface area contributed by atoms with Gasteiger partial charge >= 0.3 is 0 Å². The van der Waals surface area contributed by atoms with Crippen LogP contribution in [0, 0.1) is 0 Å². The number of anilines is 1. The van der Waals surface area contributed by atoms with Gasteiger partial charge in [-0.2, -0.15) is 0 Å². The molecule has 0 unspecified atom stereocenters. The lowest BCUT2D eigenvalue weighted by atomic mass is 10.0. The quantitative estimate of drug-likeness (QED) is 0.855. The van der Waals surface area contributed by atoms with Gasteiger partial charge in [-0.15, -0.1) is 0 Å². The van der Waals surface area contributed by atoms with Gasteiger partial charge in [-0.05, 0) is 19.4 Å². The van der Waals surface area contributed by atoms with E-state index in [1.54, 1.807) is 19.0 Å². The number of benzene rings is 1. The zero-order valence-corrected chi connectivity index (χ0v) is 12.3. The van der Waals surface area contributed by atoms with Crippen LogP contribution >= 0.6 is 0 Å². The first kappa shape index (κ1) is 15.5. The predicted octanol–water partition coefficient (Wildman–Crippen LogP) is 2.04. The summed E-state index contributed by atoms with van der Waals surface area (Å²) in [6.07, 6.45) is 0.177. The molecule has 19 heavy (non-hydrogen) atoms.